The van der Waals surface area contributed by atoms with Gasteiger partial charge in [0.15, 0.2) is 0 Å². The molecule has 0 aliphatic carbocycles. The summed E-state index contributed by atoms with van der Waals surface area (Å²) in [5.74, 6) is 2.97. The first kappa shape index (κ1) is 7.85. The molecule has 2 heterocycles. The molecule has 0 amide bonds. The SMILES string of the molecule is [CH]1Sc2ccccc2C2NNCC12. The fourth-order valence-electron chi connectivity index (χ4n) is 1.95. The largest absolute Gasteiger partial charge is 0.257 e. The number of hydrogen-bond acceptors (Lipinski definition) is 3. The lowest BCUT2D eigenvalue weighted by Crippen LogP contribution is -2.26. The van der Waals surface area contributed by atoms with E-state index in [1.807, 2.05) is 11.8 Å². The molecule has 3 heteroatoms. The quantitative estimate of drug-likeness (QED) is 0.653. The Balaban J connectivity index is 2.06. The molecule has 2 aliphatic rings. The molecule has 2 aliphatic heterocycles. The van der Waals surface area contributed by atoms with Crippen LogP contribution in [-0.2, 0) is 0 Å². The normalized spacial score (nSPS) is 31.1. The van der Waals surface area contributed by atoms with Crippen molar-refractivity contribution in [1.29, 1.82) is 0 Å². The van der Waals surface area contributed by atoms with E-state index in [4.69, 9.17) is 0 Å². The van der Waals surface area contributed by atoms with Crippen molar-refractivity contribution in [1.82, 2.24) is 10.9 Å². The van der Waals surface area contributed by atoms with Crippen LogP contribution in [-0.4, -0.2) is 6.54 Å². The zero-order valence-electron chi connectivity index (χ0n) is 7.16. The molecular weight excluding hydrogens is 180 g/mol. The number of nitrogens with one attached hydrogen (secondary N) is 2. The highest BCUT2D eigenvalue weighted by Crippen LogP contribution is 2.43. The Morgan fingerprint density at radius 2 is 2.23 bits per heavy atom. The van der Waals surface area contributed by atoms with Crippen molar-refractivity contribution in [3.8, 4) is 0 Å². The summed E-state index contributed by atoms with van der Waals surface area (Å²) >= 11 is 1.86. The second-order valence-corrected chi connectivity index (χ2v) is 4.41. The van der Waals surface area contributed by atoms with Gasteiger partial charge in [-0.3, -0.25) is 5.43 Å². The van der Waals surface area contributed by atoms with Crippen LogP contribution in [0.4, 0.5) is 0 Å². The van der Waals surface area contributed by atoms with E-state index in [0.29, 0.717) is 12.0 Å². The average molecular weight is 191 g/mol. The van der Waals surface area contributed by atoms with Crippen LogP contribution in [0, 0.1) is 11.7 Å². The Kier molecular flexibility index (Phi) is 1.82. The first-order valence-electron chi connectivity index (χ1n) is 4.52. The highest BCUT2D eigenvalue weighted by Gasteiger charge is 2.33. The molecule has 0 spiro atoms. The van der Waals surface area contributed by atoms with Gasteiger partial charge in [0.1, 0.15) is 0 Å². The number of fused-ring (bicyclic) bond motifs is 3. The summed E-state index contributed by atoms with van der Waals surface area (Å²) in [6, 6.07) is 9.10. The van der Waals surface area contributed by atoms with Gasteiger partial charge in [0.05, 0.1) is 6.04 Å². The molecule has 67 valence electrons. The first-order valence-corrected chi connectivity index (χ1v) is 5.40. The molecule has 2 N–H and O–H groups in total. The molecule has 1 fully saturated rings. The van der Waals surface area contributed by atoms with Gasteiger partial charge in [-0.2, -0.15) is 0 Å². The third kappa shape index (κ3) is 1.19. The fraction of sp³-hybridized carbons (Fsp3) is 0.300. The maximum absolute atomic E-state index is 3.32. The van der Waals surface area contributed by atoms with Crippen LogP contribution < -0.4 is 10.9 Å². The summed E-state index contributed by atoms with van der Waals surface area (Å²) in [5, 5.41) is 0. The van der Waals surface area contributed by atoms with Crippen LogP contribution in [0.2, 0.25) is 0 Å². The minimum Gasteiger partial charge on any atom is -0.257 e. The van der Waals surface area contributed by atoms with Crippen molar-refractivity contribution in [3.63, 3.8) is 0 Å². The Morgan fingerprint density at radius 3 is 3.23 bits per heavy atom. The molecule has 1 radical (unpaired) electrons. The Labute approximate surface area is 82.1 Å². The highest BCUT2D eigenvalue weighted by molar-refractivity contribution is 8.01. The lowest BCUT2D eigenvalue weighted by molar-refractivity contribution is 0.520. The summed E-state index contributed by atoms with van der Waals surface area (Å²) in [6.45, 7) is 1.05. The predicted molar refractivity (Wildman–Crippen MR) is 54.0 cm³/mol. The minimum absolute atomic E-state index is 0.484. The van der Waals surface area contributed by atoms with Gasteiger partial charge in [-0.05, 0) is 11.6 Å². The summed E-state index contributed by atoms with van der Waals surface area (Å²) in [5.41, 5.74) is 7.97. The van der Waals surface area contributed by atoms with Gasteiger partial charge in [0.2, 0.25) is 0 Å². The third-order valence-electron chi connectivity index (χ3n) is 2.65. The topological polar surface area (TPSA) is 24.1 Å². The second-order valence-electron chi connectivity index (χ2n) is 3.46. The number of hydrazine groups is 1. The van der Waals surface area contributed by atoms with Crippen molar-refractivity contribution < 1.29 is 0 Å². The summed E-state index contributed by atoms with van der Waals surface area (Å²) in [6.07, 6.45) is 0. The van der Waals surface area contributed by atoms with Crippen LogP contribution in [0.5, 0.6) is 0 Å². The van der Waals surface area contributed by atoms with Crippen molar-refractivity contribution in [2.24, 2.45) is 5.92 Å². The summed E-state index contributed by atoms with van der Waals surface area (Å²) < 4.78 is 0. The van der Waals surface area contributed by atoms with Crippen molar-refractivity contribution in [2.45, 2.75) is 10.9 Å². The standard InChI is InChI=1S/C10H11N2S/c1-2-4-9-8(3-1)10-7(6-13-9)5-11-12-10/h1-4,6-7,10-12H,5H2. The van der Waals surface area contributed by atoms with Crippen LogP contribution in [0.15, 0.2) is 29.2 Å². The summed E-state index contributed by atoms with van der Waals surface area (Å²) in [4.78, 5) is 1.39. The summed E-state index contributed by atoms with van der Waals surface area (Å²) in [7, 11) is 0. The fourth-order valence-corrected chi connectivity index (χ4v) is 3.02. The van der Waals surface area contributed by atoms with Crippen LogP contribution >= 0.6 is 11.8 Å². The van der Waals surface area contributed by atoms with Gasteiger partial charge in [-0.15, -0.1) is 11.8 Å². The monoisotopic (exact) mass is 191 g/mol. The molecule has 1 aromatic carbocycles. The molecule has 1 saturated heterocycles. The Morgan fingerprint density at radius 1 is 1.31 bits per heavy atom. The maximum Gasteiger partial charge on any atom is 0.0525 e. The van der Waals surface area contributed by atoms with E-state index < -0.39 is 0 Å². The van der Waals surface area contributed by atoms with Gasteiger partial charge < -0.3 is 0 Å². The third-order valence-corrected chi connectivity index (χ3v) is 3.76. The molecule has 2 nitrogen and oxygen atoms in total. The molecule has 0 aromatic heterocycles. The van der Waals surface area contributed by atoms with E-state index >= 15 is 0 Å². The molecule has 3 rings (SSSR count). The van der Waals surface area contributed by atoms with Crippen LogP contribution in [0.1, 0.15) is 11.6 Å². The van der Waals surface area contributed by atoms with E-state index in [0.717, 1.165) is 6.54 Å². The van der Waals surface area contributed by atoms with Crippen molar-refractivity contribution in [2.75, 3.05) is 6.54 Å². The molecule has 0 saturated carbocycles. The number of thioether (sulfide) groups is 1. The molecular formula is C10H11N2S. The van der Waals surface area contributed by atoms with Gasteiger partial charge >= 0.3 is 0 Å². The number of benzene rings is 1. The van der Waals surface area contributed by atoms with Gasteiger partial charge in [-0.1, -0.05) is 18.2 Å². The highest BCUT2D eigenvalue weighted by atomic mass is 32.2. The van der Waals surface area contributed by atoms with E-state index in [1.54, 1.807) is 0 Å². The number of hydrogen-bond donors (Lipinski definition) is 2. The van der Waals surface area contributed by atoms with E-state index in [1.165, 1.54) is 10.5 Å². The van der Waals surface area contributed by atoms with E-state index in [9.17, 15) is 0 Å². The van der Waals surface area contributed by atoms with Crippen molar-refractivity contribution in [3.05, 3.63) is 35.6 Å². The van der Waals surface area contributed by atoms with E-state index in [2.05, 4.69) is 40.9 Å². The smallest absolute Gasteiger partial charge is 0.0525 e. The van der Waals surface area contributed by atoms with Gasteiger partial charge in [0, 0.05) is 23.1 Å². The number of rotatable bonds is 0. The molecule has 2 atom stereocenters. The van der Waals surface area contributed by atoms with Crippen LogP contribution in [0.3, 0.4) is 0 Å². The van der Waals surface area contributed by atoms with Crippen molar-refractivity contribution >= 4 is 11.8 Å². The van der Waals surface area contributed by atoms with Gasteiger partial charge in [0.25, 0.3) is 0 Å². The van der Waals surface area contributed by atoms with Gasteiger partial charge in [-0.25, -0.2) is 5.43 Å². The Bertz CT molecular complexity index is 326. The lowest BCUT2D eigenvalue weighted by Gasteiger charge is -2.25. The molecule has 0 bridgehead atoms. The maximum atomic E-state index is 3.32. The Hall–Kier alpha value is -0.510. The van der Waals surface area contributed by atoms with Crippen LogP contribution in [0.25, 0.3) is 0 Å². The average Bonchev–Trinajstić information content (AvgIpc) is 2.65. The molecule has 13 heavy (non-hydrogen) atoms. The lowest BCUT2D eigenvalue weighted by atomic mass is 9.96. The molecule has 2 unspecified atom stereocenters. The molecule has 1 aromatic rings. The first-order chi connectivity index (χ1) is 6.45. The minimum atomic E-state index is 0.484. The predicted octanol–water partition coefficient (Wildman–Crippen LogP) is 1.72. The van der Waals surface area contributed by atoms with E-state index in [-0.39, 0.29) is 0 Å². The zero-order valence-corrected chi connectivity index (χ0v) is 7.97. The zero-order chi connectivity index (χ0) is 8.67. The second kappa shape index (κ2) is 3.01.